The Morgan fingerprint density at radius 1 is 1.20 bits per heavy atom. The molecule has 0 aromatic rings. The molecular weight excluding hydrogens is 254 g/mol. The Bertz CT molecular complexity index is 302. The van der Waals surface area contributed by atoms with Crippen LogP contribution < -0.4 is 0 Å². The Labute approximate surface area is 122 Å². The van der Waals surface area contributed by atoms with Crippen LogP contribution in [0.25, 0.3) is 0 Å². The second-order valence-electron chi connectivity index (χ2n) is 6.84. The van der Waals surface area contributed by atoms with Gasteiger partial charge in [0.1, 0.15) is 0 Å². The van der Waals surface area contributed by atoms with Crippen molar-refractivity contribution in [3.63, 3.8) is 0 Å². The van der Waals surface area contributed by atoms with Gasteiger partial charge in [0.05, 0.1) is 12.7 Å². The van der Waals surface area contributed by atoms with Crippen molar-refractivity contribution in [3.8, 4) is 0 Å². The molecule has 0 bridgehead atoms. The molecule has 0 saturated carbocycles. The van der Waals surface area contributed by atoms with Crippen molar-refractivity contribution < 1.29 is 14.2 Å². The Morgan fingerprint density at radius 3 is 2.85 bits per heavy atom. The van der Waals surface area contributed by atoms with Gasteiger partial charge in [0.2, 0.25) is 0 Å². The largest absolute Gasteiger partial charge is 0.384 e. The SMILES string of the molecule is COC[C@@]12CCCO[C@@H]1CCN(CC1CCOCC1)C2. The van der Waals surface area contributed by atoms with Gasteiger partial charge < -0.3 is 19.1 Å². The number of hydrogen-bond donors (Lipinski definition) is 0. The van der Waals surface area contributed by atoms with E-state index in [1.54, 1.807) is 0 Å². The summed E-state index contributed by atoms with van der Waals surface area (Å²) in [6.45, 7) is 7.27. The Balaban J connectivity index is 1.60. The Morgan fingerprint density at radius 2 is 2.05 bits per heavy atom. The third kappa shape index (κ3) is 3.19. The first kappa shape index (κ1) is 14.8. The lowest BCUT2D eigenvalue weighted by Gasteiger charge is -2.50. The maximum absolute atomic E-state index is 6.05. The topological polar surface area (TPSA) is 30.9 Å². The highest BCUT2D eigenvalue weighted by molar-refractivity contribution is 4.96. The molecule has 3 saturated heterocycles. The number of nitrogens with zero attached hydrogens (tertiary/aromatic N) is 1. The van der Waals surface area contributed by atoms with Crippen molar-refractivity contribution in [2.45, 2.75) is 38.2 Å². The molecule has 116 valence electrons. The van der Waals surface area contributed by atoms with Crippen LogP contribution in [0.1, 0.15) is 32.1 Å². The molecule has 3 aliphatic rings. The van der Waals surface area contributed by atoms with E-state index in [1.807, 2.05) is 7.11 Å². The van der Waals surface area contributed by atoms with Gasteiger partial charge in [-0.3, -0.25) is 0 Å². The predicted molar refractivity (Wildman–Crippen MR) is 77.9 cm³/mol. The summed E-state index contributed by atoms with van der Waals surface area (Å²) in [6.07, 6.45) is 6.50. The number of ether oxygens (including phenoxy) is 3. The first-order chi connectivity index (χ1) is 9.82. The number of hydrogen-bond acceptors (Lipinski definition) is 4. The first-order valence-corrected chi connectivity index (χ1v) is 8.23. The van der Waals surface area contributed by atoms with E-state index in [2.05, 4.69) is 4.90 Å². The van der Waals surface area contributed by atoms with Crippen LogP contribution in [0.15, 0.2) is 0 Å². The molecule has 0 aromatic heterocycles. The molecule has 0 spiro atoms. The summed E-state index contributed by atoms with van der Waals surface area (Å²) in [6, 6.07) is 0. The molecule has 0 unspecified atom stereocenters. The number of likely N-dealkylation sites (tertiary alicyclic amines) is 1. The molecule has 0 amide bonds. The highest BCUT2D eigenvalue weighted by Gasteiger charge is 2.46. The monoisotopic (exact) mass is 283 g/mol. The minimum absolute atomic E-state index is 0.246. The van der Waals surface area contributed by atoms with E-state index >= 15 is 0 Å². The van der Waals surface area contributed by atoms with Crippen LogP contribution in [0.4, 0.5) is 0 Å². The highest BCUT2D eigenvalue weighted by atomic mass is 16.5. The maximum atomic E-state index is 6.05. The normalized spacial score (nSPS) is 36.8. The average molecular weight is 283 g/mol. The summed E-state index contributed by atoms with van der Waals surface area (Å²) in [5.41, 5.74) is 0.246. The molecule has 20 heavy (non-hydrogen) atoms. The molecular formula is C16H29NO3. The molecule has 3 rings (SSSR count). The van der Waals surface area contributed by atoms with Gasteiger partial charge in [0, 0.05) is 52.0 Å². The number of piperidine rings is 1. The third-order valence-electron chi connectivity index (χ3n) is 5.36. The van der Waals surface area contributed by atoms with Crippen molar-refractivity contribution in [2.24, 2.45) is 11.3 Å². The maximum Gasteiger partial charge on any atom is 0.0677 e. The fourth-order valence-electron chi connectivity index (χ4n) is 4.33. The fourth-order valence-corrected chi connectivity index (χ4v) is 4.33. The molecule has 3 fully saturated rings. The summed E-state index contributed by atoms with van der Waals surface area (Å²) in [5.74, 6) is 0.824. The van der Waals surface area contributed by atoms with Crippen LogP contribution in [0.5, 0.6) is 0 Å². The van der Waals surface area contributed by atoms with Crippen molar-refractivity contribution in [1.82, 2.24) is 4.90 Å². The van der Waals surface area contributed by atoms with Crippen LogP contribution in [-0.2, 0) is 14.2 Å². The zero-order valence-corrected chi connectivity index (χ0v) is 12.8. The molecule has 4 heteroatoms. The van der Waals surface area contributed by atoms with Crippen molar-refractivity contribution in [1.29, 1.82) is 0 Å². The van der Waals surface area contributed by atoms with Crippen LogP contribution in [0.3, 0.4) is 0 Å². The third-order valence-corrected chi connectivity index (χ3v) is 5.36. The first-order valence-electron chi connectivity index (χ1n) is 8.23. The number of methoxy groups -OCH3 is 1. The number of fused-ring (bicyclic) bond motifs is 1. The van der Waals surface area contributed by atoms with Gasteiger partial charge in [0.25, 0.3) is 0 Å². The zero-order valence-electron chi connectivity index (χ0n) is 12.8. The van der Waals surface area contributed by atoms with Gasteiger partial charge in [-0.25, -0.2) is 0 Å². The summed E-state index contributed by atoms with van der Waals surface area (Å²) in [7, 11) is 1.83. The van der Waals surface area contributed by atoms with E-state index in [0.717, 1.165) is 38.9 Å². The second-order valence-corrected chi connectivity index (χ2v) is 6.84. The zero-order chi connectivity index (χ0) is 13.8. The van der Waals surface area contributed by atoms with Gasteiger partial charge in [-0.1, -0.05) is 0 Å². The Kier molecular flexibility index (Phi) is 4.97. The molecule has 3 aliphatic heterocycles. The average Bonchev–Trinajstić information content (AvgIpc) is 2.48. The quantitative estimate of drug-likeness (QED) is 0.789. The van der Waals surface area contributed by atoms with Gasteiger partial charge in [-0.15, -0.1) is 0 Å². The molecule has 2 atom stereocenters. The molecule has 0 aromatic carbocycles. The lowest BCUT2D eigenvalue weighted by atomic mass is 9.72. The van der Waals surface area contributed by atoms with Crippen molar-refractivity contribution >= 4 is 0 Å². The summed E-state index contributed by atoms with van der Waals surface area (Å²) >= 11 is 0. The van der Waals surface area contributed by atoms with Crippen LogP contribution in [-0.4, -0.2) is 64.2 Å². The van der Waals surface area contributed by atoms with E-state index in [1.165, 1.54) is 45.2 Å². The molecule has 0 aliphatic carbocycles. The lowest BCUT2D eigenvalue weighted by molar-refractivity contribution is -0.150. The van der Waals surface area contributed by atoms with Gasteiger partial charge >= 0.3 is 0 Å². The minimum Gasteiger partial charge on any atom is -0.384 e. The van der Waals surface area contributed by atoms with E-state index in [-0.39, 0.29) is 5.41 Å². The second kappa shape index (κ2) is 6.73. The minimum atomic E-state index is 0.246. The van der Waals surface area contributed by atoms with Gasteiger partial charge in [-0.05, 0) is 38.0 Å². The number of rotatable bonds is 4. The van der Waals surface area contributed by atoms with Crippen LogP contribution in [0, 0.1) is 11.3 Å². The fraction of sp³-hybridized carbons (Fsp3) is 1.00. The predicted octanol–water partition coefficient (Wildman–Crippen LogP) is 1.93. The van der Waals surface area contributed by atoms with Crippen LogP contribution in [0.2, 0.25) is 0 Å². The van der Waals surface area contributed by atoms with Gasteiger partial charge in [-0.2, -0.15) is 0 Å². The van der Waals surface area contributed by atoms with Crippen LogP contribution >= 0.6 is 0 Å². The summed E-state index contributed by atoms with van der Waals surface area (Å²) in [4.78, 5) is 2.67. The van der Waals surface area contributed by atoms with E-state index in [0.29, 0.717) is 6.10 Å². The molecule has 4 nitrogen and oxygen atoms in total. The highest BCUT2D eigenvalue weighted by Crippen LogP contribution is 2.40. The summed E-state index contributed by atoms with van der Waals surface area (Å²) < 4.78 is 17.1. The van der Waals surface area contributed by atoms with Crippen molar-refractivity contribution in [2.75, 3.05) is 53.2 Å². The smallest absolute Gasteiger partial charge is 0.0677 e. The Hall–Kier alpha value is -0.160. The van der Waals surface area contributed by atoms with Gasteiger partial charge in [0.15, 0.2) is 0 Å². The lowest BCUT2D eigenvalue weighted by Crippen LogP contribution is -2.57. The summed E-state index contributed by atoms with van der Waals surface area (Å²) in [5, 5.41) is 0. The van der Waals surface area contributed by atoms with E-state index in [4.69, 9.17) is 14.2 Å². The molecule has 0 radical (unpaired) electrons. The molecule has 0 N–H and O–H groups in total. The molecule has 3 heterocycles. The standard InChI is InChI=1S/C16H29NO3/c1-18-13-16-6-2-8-20-15(16)3-7-17(12-16)11-14-4-9-19-10-5-14/h14-15H,2-13H2,1H3/t15-,16+/m1/s1. The van der Waals surface area contributed by atoms with E-state index < -0.39 is 0 Å². The van der Waals surface area contributed by atoms with E-state index in [9.17, 15) is 0 Å². The van der Waals surface area contributed by atoms with Crippen molar-refractivity contribution in [3.05, 3.63) is 0 Å².